The lowest BCUT2D eigenvalue weighted by Gasteiger charge is -2.19. The Morgan fingerprint density at radius 2 is 2.07 bits per heavy atom. The van der Waals surface area contributed by atoms with Crippen LogP contribution in [0, 0.1) is 0 Å². The molecule has 5 nitrogen and oxygen atoms in total. The third-order valence-corrected chi connectivity index (χ3v) is 1.83. The lowest BCUT2D eigenvalue weighted by Crippen LogP contribution is -2.42. The van der Waals surface area contributed by atoms with Gasteiger partial charge in [-0.1, -0.05) is 0 Å². The van der Waals surface area contributed by atoms with Gasteiger partial charge in [0.1, 0.15) is 6.10 Å². The molecule has 0 heterocycles. The Hall–Kier alpha value is -1.10. The Kier molecular flexibility index (Phi) is 5.87. The molecule has 0 aliphatic carbocycles. The maximum absolute atomic E-state index is 11.4. The monoisotopic (exact) mass is 202 g/mol. The first-order chi connectivity index (χ1) is 6.52. The van der Waals surface area contributed by atoms with Crippen LogP contribution in [0.2, 0.25) is 0 Å². The van der Waals surface area contributed by atoms with Gasteiger partial charge in [-0.3, -0.25) is 9.59 Å². The van der Waals surface area contributed by atoms with Gasteiger partial charge in [0, 0.05) is 20.7 Å². The van der Waals surface area contributed by atoms with E-state index in [4.69, 9.17) is 4.74 Å². The predicted octanol–water partition coefficient (Wildman–Crippen LogP) is -0.384. The van der Waals surface area contributed by atoms with E-state index in [9.17, 15) is 9.59 Å². The van der Waals surface area contributed by atoms with E-state index in [0.717, 1.165) is 0 Å². The van der Waals surface area contributed by atoms with Gasteiger partial charge >= 0.3 is 0 Å². The molecule has 82 valence electrons. The zero-order valence-electron chi connectivity index (χ0n) is 9.16. The summed E-state index contributed by atoms with van der Waals surface area (Å²) in [5.41, 5.74) is 0. The highest BCUT2D eigenvalue weighted by atomic mass is 16.5. The summed E-state index contributed by atoms with van der Waals surface area (Å²) in [4.78, 5) is 23.9. The smallest absolute Gasteiger partial charge is 0.251 e. The summed E-state index contributed by atoms with van der Waals surface area (Å²) in [5, 5.41) is 2.61. The van der Waals surface area contributed by atoms with Gasteiger partial charge in [-0.05, 0) is 13.8 Å². The molecule has 0 fully saturated rings. The van der Waals surface area contributed by atoms with Crippen molar-refractivity contribution < 1.29 is 14.3 Å². The molecular formula is C9H18N2O3. The van der Waals surface area contributed by atoms with Gasteiger partial charge in [-0.15, -0.1) is 0 Å². The number of hydrogen-bond donors (Lipinski definition) is 1. The molecule has 5 heteroatoms. The SMILES string of the molecule is CCNC(=O)CN(C)C(=O)C(C)OC. The van der Waals surface area contributed by atoms with Gasteiger partial charge in [0.05, 0.1) is 6.54 Å². The quantitative estimate of drug-likeness (QED) is 0.661. The van der Waals surface area contributed by atoms with Gasteiger partial charge in [0.2, 0.25) is 5.91 Å². The predicted molar refractivity (Wildman–Crippen MR) is 52.8 cm³/mol. The molecule has 0 radical (unpaired) electrons. The minimum absolute atomic E-state index is 0.0698. The van der Waals surface area contributed by atoms with Crippen molar-refractivity contribution in [3.63, 3.8) is 0 Å². The van der Waals surface area contributed by atoms with Crippen molar-refractivity contribution in [2.75, 3.05) is 27.2 Å². The number of likely N-dealkylation sites (N-methyl/N-ethyl adjacent to an activating group) is 2. The normalized spacial score (nSPS) is 12.0. The third-order valence-electron chi connectivity index (χ3n) is 1.83. The number of amides is 2. The molecule has 1 atom stereocenters. The Bertz CT molecular complexity index is 206. The molecular weight excluding hydrogens is 184 g/mol. The molecule has 0 saturated carbocycles. The first-order valence-electron chi connectivity index (χ1n) is 4.57. The number of carbonyl (C=O) groups excluding carboxylic acids is 2. The number of ether oxygens (including phenoxy) is 1. The van der Waals surface area contributed by atoms with Crippen LogP contribution in [0.15, 0.2) is 0 Å². The van der Waals surface area contributed by atoms with Crippen LogP contribution in [-0.4, -0.2) is 50.1 Å². The van der Waals surface area contributed by atoms with Crippen LogP contribution in [-0.2, 0) is 14.3 Å². The van der Waals surface area contributed by atoms with Crippen molar-refractivity contribution in [1.82, 2.24) is 10.2 Å². The first kappa shape index (κ1) is 12.9. The summed E-state index contributed by atoms with van der Waals surface area (Å²) in [6, 6.07) is 0. The molecule has 0 saturated heterocycles. The van der Waals surface area contributed by atoms with Gasteiger partial charge in [-0.25, -0.2) is 0 Å². The van der Waals surface area contributed by atoms with Crippen molar-refractivity contribution in [2.45, 2.75) is 20.0 Å². The molecule has 0 aromatic carbocycles. The molecule has 0 spiro atoms. The van der Waals surface area contributed by atoms with Crippen LogP contribution in [0.5, 0.6) is 0 Å². The fourth-order valence-corrected chi connectivity index (χ4v) is 0.958. The van der Waals surface area contributed by atoms with Crippen LogP contribution < -0.4 is 5.32 Å². The fourth-order valence-electron chi connectivity index (χ4n) is 0.958. The van der Waals surface area contributed by atoms with Gasteiger partial charge in [0.25, 0.3) is 5.91 Å². The molecule has 1 N–H and O–H groups in total. The topological polar surface area (TPSA) is 58.6 Å². The number of nitrogens with zero attached hydrogens (tertiary/aromatic N) is 1. The van der Waals surface area contributed by atoms with Crippen molar-refractivity contribution in [3.05, 3.63) is 0 Å². The summed E-state index contributed by atoms with van der Waals surface area (Å²) in [6.07, 6.45) is -0.505. The van der Waals surface area contributed by atoms with E-state index in [1.54, 1.807) is 14.0 Å². The number of carbonyl (C=O) groups is 2. The van der Waals surface area contributed by atoms with E-state index in [1.165, 1.54) is 12.0 Å². The molecule has 0 rings (SSSR count). The minimum atomic E-state index is -0.505. The Balaban J connectivity index is 4.01. The molecule has 1 unspecified atom stereocenters. The number of hydrogen-bond acceptors (Lipinski definition) is 3. The van der Waals surface area contributed by atoms with Crippen molar-refractivity contribution >= 4 is 11.8 Å². The van der Waals surface area contributed by atoms with E-state index in [1.807, 2.05) is 6.92 Å². The number of methoxy groups -OCH3 is 1. The maximum Gasteiger partial charge on any atom is 0.251 e. The highest BCUT2D eigenvalue weighted by molar-refractivity contribution is 5.86. The highest BCUT2D eigenvalue weighted by Gasteiger charge is 2.18. The molecule has 0 aliphatic rings. The summed E-state index contributed by atoms with van der Waals surface area (Å²) in [7, 11) is 3.04. The highest BCUT2D eigenvalue weighted by Crippen LogP contribution is 1.94. The molecule has 0 aromatic rings. The Morgan fingerprint density at radius 3 is 2.50 bits per heavy atom. The minimum Gasteiger partial charge on any atom is -0.372 e. The van der Waals surface area contributed by atoms with E-state index in [0.29, 0.717) is 6.54 Å². The van der Waals surface area contributed by atoms with Crippen LogP contribution >= 0.6 is 0 Å². The first-order valence-corrected chi connectivity index (χ1v) is 4.57. The third kappa shape index (κ3) is 4.23. The lowest BCUT2D eigenvalue weighted by atomic mass is 10.3. The molecule has 0 bridgehead atoms. The number of rotatable bonds is 5. The van der Waals surface area contributed by atoms with Crippen LogP contribution in [0.3, 0.4) is 0 Å². The Morgan fingerprint density at radius 1 is 1.50 bits per heavy atom. The summed E-state index contributed by atoms with van der Waals surface area (Å²) >= 11 is 0. The largest absolute Gasteiger partial charge is 0.372 e. The van der Waals surface area contributed by atoms with Gasteiger partial charge in [-0.2, -0.15) is 0 Å². The van der Waals surface area contributed by atoms with Crippen molar-refractivity contribution in [2.24, 2.45) is 0 Å². The maximum atomic E-state index is 11.4. The molecule has 2 amide bonds. The van der Waals surface area contributed by atoms with Gasteiger partial charge < -0.3 is 15.0 Å². The van der Waals surface area contributed by atoms with Crippen molar-refractivity contribution in [3.8, 4) is 0 Å². The summed E-state index contributed by atoms with van der Waals surface area (Å²) < 4.78 is 4.85. The standard InChI is InChI=1S/C9H18N2O3/c1-5-10-8(12)6-11(3)9(13)7(2)14-4/h7H,5-6H2,1-4H3,(H,10,12). The summed E-state index contributed by atoms with van der Waals surface area (Å²) in [6.45, 7) is 4.12. The van der Waals surface area contributed by atoms with Crippen LogP contribution in [0.1, 0.15) is 13.8 Å². The Labute approximate surface area is 84.4 Å². The lowest BCUT2D eigenvalue weighted by molar-refractivity contribution is -0.142. The van der Waals surface area contributed by atoms with E-state index >= 15 is 0 Å². The van der Waals surface area contributed by atoms with Crippen LogP contribution in [0.25, 0.3) is 0 Å². The zero-order chi connectivity index (χ0) is 11.1. The zero-order valence-corrected chi connectivity index (χ0v) is 9.16. The molecule has 14 heavy (non-hydrogen) atoms. The molecule has 0 aliphatic heterocycles. The summed E-state index contributed by atoms with van der Waals surface area (Å²) in [5.74, 6) is -0.356. The average molecular weight is 202 g/mol. The fraction of sp³-hybridized carbons (Fsp3) is 0.778. The van der Waals surface area contributed by atoms with E-state index < -0.39 is 6.10 Å². The second-order valence-corrected chi connectivity index (χ2v) is 3.03. The second kappa shape index (κ2) is 6.37. The van der Waals surface area contributed by atoms with Gasteiger partial charge in [0.15, 0.2) is 0 Å². The van der Waals surface area contributed by atoms with Crippen LogP contribution in [0.4, 0.5) is 0 Å². The molecule has 0 aromatic heterocycles. The van der Waals surface area contributed by atoms with E-state index in [2.05, 4.69) is 5.32 Å². The second-order valence-electron chi connectivity index (χ2n) is 3.03. The average Bonchev–Trinajstić information content (AvgIpc) is 2.15. The van der Waals surface area contributed by atoms with Crippen molar-refractivity contribution in [1.29, 1.82) is 0 Å². The van der Waals surface area contributed by atoms with E-state index in [-0.39, 0.29) is 18.4 Å². The number of nitrogens with one attached hydrogen (secondary N) is 1.